The fourth-order valence-corrected chi connectivity index (χ4v) is 5.51. The molecule has 1 atom stereocenters. The molecule has 1 aromatic carbocycles. The Labute approximate surface area is 187 Å². The molecule has 9 nitrogen and oxygen atoms in total. The van der Waals surface area contributed by atoms with Crippen molar-refractivity contribution in [3.05, 3.63) is 41.0 Å². The highest BCUT2D eigenvalue weighted by atomic mass is 32.2. The van der Waals surface area contributed by atoms with E-state index < -0.39 is 15.7 Å². The maximum absolute atomic E-state index is 12.4. The van der Waals surface area contributed by atoms with Gasteiger partial charge >= 0.3 is 0 Å². The molecule has 1 aliphatic rings. The maximum Gasteiger partial charge on any atom is 0.252 e. The molecular formula is C22H28N6O3S. The lowest BCUT2D eigenvalue weighted by Crippen LogP contribution is -2.42. The number of primary amides is 1. The number of amides is 1. The number of hydrogen-bond acceptors (Lipinski definition) is 7. The standard InChI is InChI=1S/C22H28N6O3S/c1-6-14-9-16-17(10-18(14)32(5,30)31)27-7-8-28(19(12(2)3)21(27)26-16)22-24-11-15(20(23)29)13(4)25-22/h9-12,19H,6-8H2,1-5H3,(H2,23,29)/t19-/m0/s1. The number of fused-ring (bicyclic) bond motifs is 3. The summed E-state index contributed by atoms with van der Waals surface area (Å²) >= 11 is 0. The van der Waals surface area contributed by atoms with Crippen LogP contribution in [0.2, 0.25) is 0 Å². The van der Waals surface area contributed by atoms with Gasteiger partial charge in [0, 0.05) is 25.5 Å². The van der Waals surface area contributed by atoms with E-state index in [1.54, 1.807) is 13.0 Å². The second kappa shape index (κ2) is 7.84. The van der Waals surface area contributed by atoms with Gasteiger partial charge in [-0.25, -0.2) is 23.4 Å². The molecule has 170 valence electrons. The van der Waals surface area contributed by atoms with E-state index in [4.69, 9.17) is 10.7 Å². The number of imidazole rings is 1. The second-order valence-corrected chi connectivity index (χ2v) is 10.6. The van der Waals surface area contributed by atoms with Crippen LogP contribution in [-0.2, 0) is 22.8 Å². The van der Waals surface area contributed by atoms with Crippen molar-refractivity contribution in [2.24, 2.45) is 11.7 Å². The molecule has 32 heavy (non-hydrogen) atoms. The SMILES string of the molecule is CCc1cc2nc3n(c2cc1S(C)(=O)=O)CCN(c1ncc(C(N)=O)c(C)n1)[C@H]3C(C)C. The van der Waals surface area contributed by atoms with Crippen LogP contribution >= 0.6 is 0 Å². The van der Waals surface area contributed by atoms with E-state index in [1.165, 1.54) is 12.5 Å². The van der Waals surface area contributed by atoms with E-state index in [2.05, 4.69) is 33.3 Å². The number of aromatic nitrogens is 4. The Morgan fingerprint density at radius 3 is 2.53 bits per heavy atom. The van der Waals surface area contributed by atoms with E-state index >= 15 is 0 Å². The summed E-state index contributed by atoms with van der Waals surface area (Å²) in [5.74, 6) is 1.01. The average Bonchev–Trinajstić information content (AvgIpc) is 3.08. The van der Waals surface area contributed by atoms with Gasteiger partial charge in [-0.3, -0.25) is 4.79 Å². The molecule has 0 fully saturated rings. The molecule has 0 radical (unpaired) electrons. The summed E-state index contributed by atoms with van der Waals surface area (Å²) in [5.41, 5.74) is 8.63. The Bertz CT molecular complexity index is 1330. The summed E-state index contributed by atoms with van der Waals surface area (Å²) < 4.78 is 26.9. The lowest BCUT2D eigenvalue weighted by Gasteiger charge is -2.38. The molecule has 3 aromatic rings. The molecule has 4 rings (SSSR count). The zero-order valence-electron chi connectivity index (χ0n) is 19.0. The molecule has 3 heterocycles. The number of anilines is 1. The van der Waals surface area contributed by atoms with Crippen LogP contribution < -0.4 is 10.6 Å². The van der Waals surface area contributed by atoms with Crippen molar-refractivity contribution in [1.82, 2.24) is 19.5 Å². The zero-order chi connectivity index (χ0) is 23.4. The van der Waals surface area contributed by atoms with Gasteiger partial charge < -0.3 is 15.2 Å². The van der Waals surface area contributed by atoms with Crippen LogP contribution in [-0.4, -0.2) is 46.6 Å². The highest BCUT2D eigenvalue weighted by Crippen LogP contribution is 2.37. The van der Waals surface area contributed by atoms with Gasteiger partial charge in [0.1, 0.15) is 5.82 Å². The first kappa shape index (κ1) is 22.2. The van der Waals surface area contributed by atoms with Crippen molar-refractivity contribution in [3.63, 3.8) is 0 Å². The fraction of sp³-hybridized carbons (Fsp3) is 0.455. The molecule has 1 aliphatic heterocycles. The minimum absolute atomic E-state index is 0.110. The van der Waals surface area contributed by atoms with Gasteiger partial charge in [-0.15, -0.1) is 0 Å². The minimum atomic E-state index is -3.35. The first-order valence-electron chi connectivity index (χ1n) is 10.7. The summed E-state index contributed by atoms with van der Waals surface area (Å²) in [7, 11) is -3.35. The second-order valence-electron chi connectivity index (χ2n) is 8.61. The molecule has 10 heteroatoms. The number of carbonyl (C=O) groups is 1. The van der Waals surface area contributed by atoms with Gasteiger partial charge in [0.25, 0.3) is 5.91 Å². The number of aryl methyl sites for hydroxylation is 2. The number of sulfone groups is 1. The van der Waals surface area contributed by atoms with E-state index in [0.29, 0.717) is 41.6 Å². The van der Waals surface area contributed by atoms with Gasteiger partial charge in [-0.2, -0.15) is 0 Å². The lowest BCUT2D eigenvalue weighted by molar-refractivity contribution is 0.0999. The predicted octanol–water partition coefficient (Wildman–Crippen LogP) is 2.42. The third-order valence-electron chi connectivity index (χ3n) is 6.03. The Balaban J connectivity index is 1.86. The quantitative estimate of drug-likeness (QED) is 0.625. The Morgan fingerprint density at radius 2 is 1.97 bits per heavy atom. The van der Waals surface area contributed by atoms with Crippen LogP contribution in [0.4, 0.5) is 5.95 Å². The Hall–Kier alpha value is -3.01. The van der Waals surface area contributed by atoms with Gasteiger partial charge in [-0.1, -0.05) is 20.8 Å². The molecule has 0 bridgehead atoms. The Kier molecular flexibility index (Phi) is 5.44. The zero-order valence-corrected chi connectivity index (χ0v) is 19.8. The van der Waals surface area contributed by atoms with Crippen molar-refractivity contribution >= 4 is 32.7 Å². The molecule has 1 amide bonds. The van der Waals surface area contributed by atoms with E-state index in [1.807, 2.05) is 13.0 Å². The summed E-state index contributed by atoms with van der Waals surface area (Å²) in [6, 6.07) is 3.54. The van der Waals surface area contributed by atoms with E-state index in [-0.39, 0.29) is 12.0 Å². The van der Waals surface area contributed by atoms with Crippen LogP contribution in [0.15, 0.2) is 23.2 Å². The minimum Gasteiger partial charge on any atom is -0.365 e. The van der Waals surface area contributed by atoms with Gasteiger partial charge in [0.2, 0.25) is 5.95 Å². The molecule has 0 unspecified atom stereocenters. The lowest BCUT2D eigenvalue weighted by atomic mass is 10.00. The number of rotatable bonds is 5. The van der Waals surface area contributed by atoms with Gasteiger partial charge in [-0.05, 0) is 37.0 Å². The van der Waals surface area contributed by atoms with E-state index in [9.17, 15) is 13.2 Å². The number of benzene rings is 1. The third kappa shape index (κ3) is 3.62. The summed E-state index contributed by atoms with van der Waals surface area (Å²) in [4.78, 5) is 27.9. The molecule has 0 saturated heterocycles. The Morgan fingerprint density at radius 1 is 1.25 bits per heavy atom. The van der Waals surface area contributed by atoms with Crippen molar-refractivity contribution in [2.45, 2.75) is 51.6 Å². The first-order valence-corrected chi connectivity index (χ1v) is 12.5. The number of nitrogens with zero attached hydrogens (tertiary/aromatic N) is 5. The van der Waals surface area contributed by atoms with Crippen molar-refractivity contribution in [2.75, 3.05) is 17.7 Å². The maximum atomic E-state index is 12.4. The molecule has 2 N–H and O–H groups in total. The highest BCUT2D eigenvalue weighted by Gasteiger charge is 2.35. The number of hydrogen-bond donors (Lipinski definition) is 1. The van der Waals surface area contributed by atoms with Crippen LogP contribution in [0.1, 0.15) is 54.3 Å². The fourth-order valence-electron chi connectivity index (χ4n) is 4.50. The number of nitrogens with two attached hydrogens (primary N) is 1. The van der Waals surface area contributed by atoms with Crippen LogP contribution in [0.25, 0.3) is 11.0 Å². The van der Waals surface area contributed by atoms with Crippen molar-refractivity contribution in [3.8, 4) is 0 Å². The first-order chi connectivity index (χ1) is 15.0. The highest BCUT2D eigenvalue weighted by molar-refractivity contribution is 7.90. The van der Waals surface area contributed by atoms with Gasteiger partial charge in [0.05, 0.1) is 33.2 Å². The summed E-state index contributed by atoms with van der Waals surface area (Å²) in [6.45, 7) is 9.14. The van der Waals surface area contributed by atoms with Crippen LogP contribution in [0.5, 0.6) is 0 Å². The van der Waals surface area contributed by atoms with E-state index in [0.717, 1.165) is 22.4 Å². The predicted molar refractivity (Wildman–Crippen MR) is 122 cm³/mol. The largest absolute Gasteiger partial charge is 0.365 e. The topological polar surface area (TPSA) is 124 Å². The monoisotopic (exact) mass is 456 g/mol. The molecule has 0 spiro atoms. The number of carbonyl (C=O) groups excluding carboxylic acids is 1. The normalized spacial score (nSPS) is 16.6. The van der Waals surface area contributed by atoms with Crippen molar-refractivity contribution in [1.29, 1.82) is 0 Å². The molecule has 0 aliphatic carbocycles. The van der Waals surface area contributed by atoms with Crippen molar-refractivity contribution < 1.29 is 13.2 Å². The molecule has 0 saturated carbocycles. The molecule has 2 aromatic heterocycles. The average molecular weight is 457 g/mol. The smallest absolute Gasteiger partial charge is 0.252 e. The summed E-state index contributed by atoms with van der Waals surface area (Å²) in [5, 5.41) is 0. The van der Waals surface area contributed by atoms with Crippen LogP contribution in [0.3, 0.4) is 0 Å². The van der Waals surface area contributed by atoms with Crippen LogP contribution in [0, 0.1) is 12.8 Å². The third-order valence-corrected chi connectivity index (χ3v) is 7.20. The summed E-state index contributed by atoms with van der Waals surface area (Å²) in [6.07, 6.45) is 3.33. The molecular weight excluding hydrogens is 428 g/mol. The van der Waals surface area contributed by atoms with Gasteiger partial charge in [0.15, 0.2) is 9.84 Å².